The second kappa shape index (κ2) is 6.76. The fourth-order valence-electron chi connectivity index (χ4n) is 3.76. The predicted octanol–water partition coefficient (Wildman–Crippen LogP) is 0.0463. The maximum absolute atomic E-state index is 12.8. The van der Waals surface area contributed by atoms with E-state index in [1.54, 1.807) is 6.20 Å². The van der Waals surface area contributed by atoms with Crippen LogP contribution in [0.4, 0.5) is 0 Å². The third kappa shape index (κ3) is 3.04. The number of aliphatic hydroxyl groups is 2. The van der Waals surface area contributed by atoms with E-state index < -0.39 is 12.2 Å². The molecule has 3 N–H and O–H groups in total. The van der Waals surface area contributed by atoms with E-state index in [1.165, 1.54) is 0 Å². The van der Waals surface area contributed by atoms with Crippen LogP contribution in [0.25, 0.3) is 10.9 Å². The van der Waals surface area contributed by atoms with E-state index in [4.69, 9.17) is 4.74 Å². The largest absolute Gasteiger partial charge is 0.389 e. The van der Waals surface area contributed by atoms with Gasteiger partial charge in [0.25, 0.3) is 5.91 Å². The number of carbonyl (C=O) groups is 1. The van der Waals surface area contributed by atoms with Gasteiger partial charge in [0, 0.05) is 43.3 Å². The summed E-state index contributed by atoms with van der Waals surface area (Å²) in [6.07, 6.45) is 0.128. The standard InChI is InChI=1S/C18H23N3O4/c22-16-11-25-10-15(17(16)23)20-5-7-21(8-6-20)18(24)13-9-19-14-4-2-1-3-12(13)14/h1-4,9,15-17,19,22-23H,5-8,10-11H2/t15-,16-,17+/m1/s1. The lowest BCUT2D eigenvalue weighted by molar-refractivity contribution is -0.136. The van der Waals surface area contributed by atoms with Gasteiger partial charge in [-0.2, -0.15) is 0 Å². The van der Waals surface area contributed by atoms with E-state index in [2.05, 4.69) is 9.88 Å². The molecule has 0 saturated carbocycles. The molecule has 2 fully saturated rings. The van der Waals surface area contributed by atoms with E-state index in [-0.39, 0.29) is 18.6 Å². The van der Waals surface area contributed by atoms with Crippen LogP contribution >= 0.6 is 0 Å². The number of aromatic nitrogens is 1. The molecule has 2 aromatic rings. The van der Waals surface area contributed by atoms with Crippen molar-refractivity contribution in [3.05, 3.63) is 36.0 Å². The molecule has 7 heteroatoms. The highest BCUT2D eigenvalue weighted by Crippen LogP contribution is 2.21. The highest BCUT2D eigenvalue weighted by atomic mass is 16.5. The lowest BCUT2D eigenvalue weighted by Gasteiger charge is -2.43. The van der Waals surface area contributed by atoms with Gasteiger partial charge in [-0.1, -0.05) is 18.2 Å². The molecule has 1 amide bonds. The Labute approximate surface area is 145 Å². The maximum Gasteiger partial charge on any atom is 0.256 e. The fraction of sp³-hybridized carbons (Fsp3) is 0.500. The maximum atomic E-state index is 12.8. The summed E-state index contributed by atoms with van der Waals surface area (Å²) < 4.78 is 5.36. The van der Waals surface area contributed by atoms with Crippen molar-refractivity contribution >= 4 is 16.8 Å². The van der Waals surface area contributed by atoms with Crippen LogP contribution in [0.2, 0.25) is 0 Å². The lowest BCUT2D eigenvalue weighted by Crippen LogP contribution is -2.60. The van der Waals surface area contributed by atoms with Gasteiger partial charge in [-0.05, 0) is 6.07 Å². The minimum Gasteiger partial charge on any atom is -0.389 e. The third-order valence-electron chi connectivity index (χ3n) is 5.26. The molecule has 2 saturated heterocycles. The first-order chi connectivity index (χ1) is 12.1. The van der Waals surface area contributed by atoms with Gasteiger partial charge < -0.3 is 24.8 Å². The lowest BCUT2D eigenvalue weighted by atomic mass is 10.0. The highest BCUT2D eigenvalue weighted by molar-refractivity contribution is 6.06. The number of nitrogens with one attached hydrogen (secondary N) is 1. The molecular weight excluding hydrogens is 322 g/mol. The van der Waals surface area contributed by atoms with Gasteiger partial charge in [0.1, 0.15) is 6.10 Å². The number of aromatic amines is 1. The van der Waals surface area contributed by atoms with Crippen molar-refractivity contribution in [3.63, 3.8) is 0 Å². The monoisotopic (exact) mass is 345 g/mol. The van der Waals surface area contributed by atoms with E-state index in [1.807, 2.05) is 29.2 Å². The normalized spacial score (nSPS) is 28.4. The molecule has 7 nitrogen and oxygen atoms in total. The third-order valence-corrected chi connectivity index (χ3v) is 5.26. The second-order valence-electron chi connectivity index (χ2n) is 6.74. The summed E-state index contributed by atoms with van der Waals surface area (Å²) in [5.41, 5.74) is 1.65. The van der Waals surface area contributed by atoms with Crippen molar-refractivity contribution in [2.75, 3.05) is 39.4 Å². The van der Waals surface area contributed by atoms with Crippen LogP contribution < -0.4 is 0 Å². The van der Waals surface area contributed by atoms with Crippen molar-refractivity contribution in [1.82, 2.24) is 14.8 Å². The van der Waals surface area contributed by atoms with Crippen molar-refractivity contribution in [2.24, 2.45) is 0 Å². The number of ether oxygens (including phenoxy) is 1. The number of H-pyrrole nitrogens is 1. The van der Waals surface area contributed by atoms with E-state index in [0.717, 1.165) is 10.9 Å². The van der Waals surface area contributed by atoms with Crippen LogP contribution in [0.5, 0.6) is 0 Å². The molecule has 1 aromatic carbocycles. The molecule has 2 aliphatic heterocycles. The molecule has 3 atom stereocenters. The average Bonchev–Trinajstić information content (AvgIpc) is 3.08. The van der Waals surface area contributed by atoms with Crippen LogP contribution in [0.15, 0.2) is 30.5 Å². The van der Waals surface area contributed by atoms with Gasteiger partial charge in [-0.25, -0.2) is 0 Å². The molecule has 3 heterocycles. The molecule has 134 valence electrons. The fourth-order valence-corrected chi connectivity index (χ4v) is 3.76. The first-order valence-corrected chi connectivity index (χ1v) is 8.68. The Morgan fingerprint density at radius 3 is 2.68 bits per heavy atom. The summed E-state index contributed by atoms with van der Waals surface area (Å²) in [5, 5.41) is 20.9. The number of carbonyl (C=O) groups excluding carboxylic acids is 1. The van der Waals surface area contributed by atoms with Gasteiger partial charge >= 0.3 is 0 Å². The number of benzene rings is 1. The van der Waals surface area contributed by atoms with Crippen molar-refractivity contribution in [2.45, 2.75) is 18.2 Å². The topological polar surface area (TPSA) is 89.0 Å². The van der Waals surface area contributed by atoms with E-state index in [9.17, 15) is 15.0 Å². The number of fused-ring (bicyclic) bond motifs is 1. The van der Waals surface area contributed by atoms with E-state index in [0.29, 0.717) is 38.3 Å². The number of hydrogen-bond acceptors (Lipinski definition) is 5. The number of aliphatic hydroxyl groups excluding tert-OH is 2. The zero-order valence-electron chi connectivity index (χ0n) is 14.0. The number of nitrogens with zero attached hydrogens (tertiary/aromatic N) is 2. The van der Waals surface area contributed by atoms with Crippen LogP contribution in [-0.4, -0.2) is 88.5 Å². The van der Waals surface area contributed by atoms with Gasteiger partial charge in [-0.15, -0.1) is 0 Å². The van der Waals surface area contributed by atoms with E-state index >= 15 is 0 Å². The number of piperazine rings is 1. The predicted molar refractivity (Wildman–Crippen MR) is 92.4 cm³/mol. The quantitative estimate of drug-likeness (QED) is 0.716. The molecule has 0 bridgehead atoms. The average molecular weight is 345 g/mol. The van der Waals surface area contributed by atoms with Crippen molar-refractivity contribution in [1.29, 1.82) is 0 Å². The molecule has 0 unspecified atom stereocenters. The Morgan fingerprint density at radius 2 is 1.88 bits per heavy atom. The number of rotatable bonds is 2. The highest BCUT2D eigenvalue weighted by Gasteiger charge is 2.37. The molecule has 0 aliphatic carbocycles. The van der Waals surface area contributed by atoms with Crippen LogP contribution in [0.1, 0.15) is 10.4 Å². The smallest absolute Gasteiger partial charge is 0.256 e. The SMILES string of the molecule is O=C(c1c[nH]c2ccccc12)N1CCN([C@@H]2COC[C@@H](O)[C@H]2O)CC1. The van der Waals surface area contributed by atoms with Crippen molar-refractivity contribution in [3.8, 4) is 0 Å². The Kier molecular flexibility index (Phi) is 4.47. The van der Waals surface area contributed by atoms with Crippen LogP contribution in [0.3, 0.4) is 0 Å². The molecule has 0 spiro atoms. The molecule has 4 rings (SSSR count). The molecular formula is C18H23N3O4. The molecule has 25 heavy (non-hydrogen) atoms. The summed E-state index contributed by atoms with van der Waals surface area (Å²) in [6, 6.07) is 7.57. The summed E-state index contributed by atoms with van der Waals surface area (Å²) in [6.45, 7) is 3.10. The molecule has 2 aliphatic rings. The zero-order chi connectivity index (χ0) is 17.4. The first kappa shape index (κ1) is 16.5. The minimum absolute atomic E-state index is 0.0255. The Hall–Kier alpha value is -1.93. The number of hydrogen-bond donors (Lipinski definition) is 3. The van der Waals surface area contributed by atoms with Crippen LogP contribution in [-0.2, 0) is 4.74 Å². The van der Waals surface area contributed by atoms with Gasteiger partial charge in [0.15, 0.2) is 0 Å². The number of para-hydroxylation sites is 1. The molecule has 0 radical (unpaired) electrons. The summed E-state index contributed by atoms with van der Waals surface area (Å²) in [4.78, 5) is 19.9. The number of amides is 1. The second-order valence-corrected chi connectivity index (χ2v) is 6.74. The minimum atomic E-state index is -0.843. The van der Waals surface area contributed by atoms with Crippen molar-refractivity contribution < 1.29 is 19.7 Å². The first-order valence-electron chi connectivity index (χ1n) is 8.68. The van der Waals surface area contributed by atoms with Gasteiger partial charge in [0.05, 0.1) is 30.9 Å². The summed E-state index contributed by atoms with van der Waals surface area (Å²) >= 11 is 0. The molecule has 1 aromatic heterocycles. The van der Waals surface area contributed by atoms with Gasteiger partial charge in [0.2, 0.25) is 0 Å². The van der Waals surface area contributed by atoms with Crippen LogP contribution in [0, 0.1) is 0 Å². The summed E-state index contributed by atoms with van der Waals surface area (Å²) in [5.74, 6) is 0.0255. The Bertz CT molecular complexity index is 754. The summed E-state index contributed by atoms with van der Waals surface area (Å²) in [7, 11) is 0. The van der Waals surface area contributed by atoms with Gasteiger partial charge in [-0.3, -0.25) is 9.69 Å². The zero-order valence-corrected chi connectivity index (χ0v) is 14.0. The Morgan fingerprint density at radius 1 is 1.12 bits per heavy atom. The Balaban J connectivity index is 1.42.